The number of carbonyl (C=O) groups excluding carboxylic acids is 1. The van der Waals surface area contributed by atoms with Crippen LogP contribution < -0.4 is 9.47 Å². The molecular formula is C16H13F3O3. The largest absolute Gasteiger partial charge is 0.484 e. The molecule has 0 aliphatic rings. The molecular weight excluding hydrogens is 297 g/mol. The number of hydrogen-bond donors (Lipinski definition) is 0. The molecule has 3 nitrogen and oxygen atoms in total. The predicted octanol–water partition coefficient (Wildman–Crippen LogP) is 4.22. The van der Waals surface area contributed by atoms with Crippen molar-refractivity contribution in [3.8, 4) is 22.6 Å². The third-order valence-corrected chi connectivity index (χ3v) is 2.67. The summed E-state index contributed by atoms with van der Waals surface area (Å²) in [7, 11) is 0. The van der Waals surface area contributed by atoms with Gasteiger partial charge in [-0.25, -0.2) is 0 Å². The third kappa shape index (κ3) is 4.80. The second-order valence-corrected chi connectivity index (χ2v) is 4.55. The summed E-state index contributed by atoms with van der Waals surface area (Å²) < 4.78 is 46.2. The van der Waals surface area contributed by atoms with E-state index >= 15 is 0 Å². The third-order valence-electron chi connectivity index (χ3n) is 2.67. The molecule has 0 radical (unpaired) electrons. The Labute approximate surface area is 125 Å². The molecule has 0 saturated heterocycles. The van der Waals surface area contributed by atoms with Crippen molar-refractivity contribution in [2.24, 2.45) is 0 Å². The van der Waals surface area contributed by atoms with Gasteiger partial charge in [0, 0.05) is 6.92 Å². The van der Waals surface area contributed by atoms with Gasteiger partial charge in [0.05, 0.1) is 0 Å². The van der Waals surface area contributed by atoms with Crippen molar-refractivity contribution >= 4 is 5.97 Å². The number of carbonyl (C=O) groups is 1. The predicted molar refractivity (Wildman–Crippen MR) is 74.7 cm³/mol. The molecule has 0 aliphatic heterocycles. The van der Waals surface area contributed by atoms with Crippen molar-refractivity contribution in [3.05, 3.63) is 48.5 Å². The van der Waals surface area contributed by atoms with Crippen molar-refractivity contribution in [3.63, 3.8) is 0 Å². The number of esters is 1. The first kappa shape index (κ1) is 15.9. The molecule has 0 bridgehead atoms. The molecule has 0 N–H and O–H groups in total. The van der Waals surface area contributed by atoms with Crippen molar-refractivity contribution in [2.45, 2.75) is 13.1 Å². The van der Waals surface area contributed by atoms with Gasteiger partial charge in [-0.15, -0.1) is 0 Å². The molecule has 22 heavy (non-hydrogen) atoms. The standard InChI is InChI=1S/C16H13F3O3/c1-11(20)22-15-7-3-5-13(9-15)12-4-2-6-14(8-12)21-10-16(17,18)19/h2-9H,10H2,1H3. The van der Waals surface area contributed by atoms with Crippen LogP contribution in [0.5, 0.6) is 11.5 Å². The maximum atomic E-state index is 12.2. The lowest BCUT2D eigenvalue weighted by Crippen LogP contribution is -2.19. The minimum atomic E-state index is -4.38. The minimum absolute atomic E-state index is 0.118. The van der Waals surface area contributed by atoms with E-state index in [1.807, 2.05) is 0 Å². The highest BCUT2D eigenvalue weighted by atomic mass is 19.4. The van der Waals surface area contributed by atoms with Crippen LogP contribution in [0.3, 0.4) is 0 Å². The van der Waals surface area contributed by atoms with E-state index in [4.69, 9.17) is 9.47 Å². The molecule has 2 aromatic carbocycles. The monoisotopic (exact) mass is 310 g/mol. The van der Waals surface area contributed by atoms with E-state index in [2.05, 4.69) is 0 Å². The van der Waals surface area contributed by atoms with Crippen molar-refractivity contribution < 1.29 is 27.4 Å². The van der Waals surface area contributed by atoms with Crippen LogP contribution in [0.1, 0.15) is 6.92 Å². The maximum absolute atomic E-state index is 12.2. The Bertz CT molecular complexity index is 666. The SMILES string of the molecule is CC(=O)Oc1cccc(-c2cccc(OCC(F)(F)F)c2)c1. The molecule has 0 fully saturated rings. The van der Waals surface area contributed by atoms with Crippen LogP contribution in [0, 0.1) is 0 Å². The fraction of sp³-hybridized carbons (Fsp3) is 0.188. The first-order chi connectivity index (χ1) is 10.3. The average molecular weight is 310 g/mol. The van der Waals surface area contributed by atoms with Crippen LogP contribution in [-0.2, 0) is 4.79 Å². The fourth-order valence-corrected chi connectivity index (χ4v) is 1.84. The van der Waals surface area contributed by atoms with Crippen LogP contribution in [0.2, 0.25) is 0 Å². The van der Waals surface area contributed by atoms with Crippen LogP contribution in [-0.4, -0.2) is 18.8 Å². The highest BCUT2D eigenvalue weighted by Gasteiger charge is 2.28. The second kappa shape index (κ2) is 6.51. The number of benzene rings is 2. The zero-order valence-corrected chi connectivity index (χ0v) is 11.7. The van der Waals surface area contributed by atoms with E-state index in [1.165, 1.54) is 19.1 Å². The van der Waals surface area contributed by atoms with Gasteiger partial charge in [-0.3, -0.25) is 4.79 Å². The first-order valence-corrected chi connectivity index (χ1v) is 6.42. The Morgan fingerprint density at radius 1 is 1.00 bits per heavy atom. The summed E-state index contributed by atoms with van der Waals surface area (Å²) in [6.45, 7) is -0.0534. The Balaban J connectivity index is 2.20. The Kier molecular flexibility index (Phi) is 4.70. The highest BCUT2D eigenvalue weighted by molar-refractivity contribution is 5.71. The number of hydrogen-bond acceptors (Lipinski definition) is 3. The summed E-state index contributed by atoms with van der Waals surface area (Å²) >= 11 is 0. The summed E-state index contributed by atoms with van der Waals surface area (Å²) in [6.07, 6.45) is -4.38. The van der Waals surface area contributed by atoms with Crippen LogP contribution in [0.25, 0.3) is 11.1 Å². The molecule has 2 rings (SSSR count). The quantitative estimate of drug-likeness (QED) is 0.626. The summed E-state index contributed by atoms with van der Waals surface area (Å²) in [5.41, 5.74) is 1.37. The summed E-state index contributed by atoms with van der Waals surface area (Å²) in [6, 6.07) is 13.0. The van der Waals surface area contributed by atoms with Crippen molar-refractivity contribution in [1.29, 1.82) is 0 Å². The van der Waals surface area contributed by atoms with Gasteiger partial charge in [-0.2, -0.15) is 13.2 Å². The van der Waals surface area contributed by atoms with Gasteiger partial charge in [0.1, 0.15) is 11.5 Å². The molecule has 116 valence electrons. The van der Waals surface area contributed by atoms with Gasteiger partial charge in [0.25, 0.3) is 0 Å². The number of halogens is 3. The van der Waals surface area contributed by atoms with Crippen LogP contribution >= 0.6 is 0 Å². The zero-order chi connectivity index (χ0) is 16.2. The van der Waals surface area contributed by atoms with E-state index in [-0.39, 0.29) is 5.75 Å². The molecule has 0 saturated carbocycles. The second-order valence-electron chi connectivity index (χ2n) is 4.55. The van der Waals surface area contributed by atoms with Gasteiger partial charge in [0.2, 0.25) is 0 Å². The zero-order valence-electron chi connectivity index (χ0n) is 11.7. The highest BCUT2D eigenvalue weighted by Crippen LogP contribution is 2.27. The lowest BCUT2D eigenvalue weighted by molar-refractivity contribution is -0.153. The number of rotatable bonds is 4. The van der Waals surface area contributed by atoms with Gasteiger partial charge in [-0.1, -0.05) is 24.3 Å². The lowest BCUT2D eigenvalue weighted by atomic mass is 10.1. The molecule has 0 aromatic heterocycles. The smallest absolute Gasteiger partial charge is 0.422 e. The van der Waals surface area contributed by atoms with Gasteiger partial charge in [0.15, 0.2) is 6.61 Å². The fourth-order valence-electron chi connectivity index (χ4n) is 1.84. The Morgan fingerprint density at radius 2 is 1.55 bits per heavy atom. The Hall–Kier alpha value is -2.50. The van der Waals surface area contributed by atoms with Crippen LogP contribution in [0.4, 0.5) is 13.2 Å². The van der Waals surface area contributed by atoms with E-state index in [0.29, 0.717) is 16.9 Å². The topological polar surface area (TPSA) is 35.5 Å². The van der Waals surface area contributed by atoms with Crippen molar-refractivity contribution in [1.82, 2.24) is 0 Å². The molecule has 2 aromatic rings. The first-order valence-electron chi connectivity index (χ1n) is 6.42. The molecule has 0 atom stereocenters. The minimum Gasteiger partial charge on any atom is -0.484 e. The lowest BCUT2D eigenvalue weighted by Gasteiger charge is -2.11. The van der Waals surface area contributed by atoms with E-state index in [9.17, 15) is 18.0 Å². The number of ether oxygens (including phenoxy) is 2. The summed E-state index contributed by atoms with van der Waals surface area (Å²) in [5.74, 6) is 0.0405. The molecule has 0 spiro atoms. The van der Waals surface area contributed by atoms with Crippen molar-refractivity contribution in [2.75, 3.05) is 6.61 Å². The van der Waals surface area contributed by atoms with Gasteiger partial charge in [-0.05, 0) is 35.4 Å². The number of alkyl halides is 3. The van der Waals surface area contributed by atoms with Gasteiger partial charge < -0.3 is 9.47 Å². The Morgan fingerprint density at radius 3 is 2.09 bits per heavy atom. The molecule has 0 heterocycles. The molecule has 0 amide bonds. The molecule has 0 unspecified atom stereocenters. The maximum Gasteiger partial charge on any atom is 0.422 e. The molecule has 6 heteroatoms. The van der Waals surface area contributed by atoms with E-state index < -0.39 is 18.8 Å². The summed E-state index contributed by atoms with van der Waals surface area (Å²) in [4.78, 5) is 10.9. The van der Waals surface area contributed by atoms with E-state index in [1.54, 1.807) is 36.4 Å². The van der Waals surface area contributed by atoms with Gasteiger partial charge >= 0.3 is 12.1 Å². The van der Waals surface area contributed by atoms with Crippen LogP contribution in [0.15, 0.2) is 48.5 Å². The average Bonchev–Trinajstić information content (AvgIpc) is 2.44. The normalized spacial score (nSPS) is 11.1. The summed E-state index contributed by atoms with van der Waals surface area (Å²) in [5, 5.41) is 0. The van der Waals surface area contributed by atoms with E-state index in [0.717, 1.165) is 0 Å². The molecule has 0 aliphatic carbocycles.